The van der Waals surface area contributed by atoms with Crippen LogP contribution in [0, 0.1) is 34.8 Å². The van der Waals surface area contributed by atoms with E-state index in [1.807, 2.05) is 19.1 Å². The van der Waals surface area contributed by atoms with Crippen LogP contribution in [0.3, 0.4) is 0 Å². The van der Waals surface area contributed by atoms with E-state index in [1.165, 1.54) is 17.0 Å². The molecule has 6 atom stereocenters. The van der Waals surface area contributed by atoms with Crippen LogP contribution in [0.2, 0.25) is 0 Å². The Balaban J connectivity index is 1.32. The van der Waals surface area contributed by atoms with Gasteiger partial charge in [-0.1, -0.05) is 22.9 Å². The van der Waals surface area contributed by atoms with Gasteiger partial charge in [-0.2, -0.15) is 0 Å². The maximum absolute atomic E-state index is 13.3. The van der Waals surface area contributed by atoms with Crippen molar-refractivity contribution in [3.05, 3.63) is 69.8 Å². The fraction of sp³-hybridized carbons (Fsp3) is 0.318. The van der Waals surface area contributed by atoms with Crippen LogP contribution in [0.5, 0.6) is 0 Å². The Hall–Kier alpha value is -3.59. The van der Waals surface area contributed by atoms with Crippen LogP contribution < -0.4 is 4.90 Å². The number of amides is 2. The first-order chi connectivity index (χ1) is 15.0. The Morgan fingerprint density at radius 3 is 2.19 bits per heavy atom. The van der Waals surface area contributed by atoms with Crippen LogP contribution in [0.1, 0.15) is 11.1 Å². The second-order valence-electron chi connectivity index (χ2n) is 8.34. The average molecular weight is 419 g/mol. The quantitative estimate of drug-likeness (QED) is 0.428. The van der Waals surface area contributed by atoms with E-state index in [0.717, 1.165) is 5.56 Å². The van der Waals surface area contributed by atoms with Gasteiger partial charge in [0.15, 0.2) is 6.10 Å². The van der Waals surface area contributed by atoms with Gasteiger partial charge in [0.05, 0.1) is 40.2 Å². The Morgan fingerprint density at radius 1 is 0.903 bits per heavy atom. The van der Waals surface area contributed by atoms with Crippen molar-refractivity contribution >= 4 is 28.9 Å². The van der Waals surface area contributed by atoms with Crippen molar-refractivity contribution in [3.8, 4) is 0 Å². The zero-order chi connectivity index (χ0) is 21.4. The second kappa shape index (κ2) is 6.21. The molecule has 9 nitrogen and oxygen atoms in total. The van der Waals surface area contributed by atoms with Gasteiger partial charge in [-0.3, -0.25) is 19.7 Å². The summed E-state index contributed by atoms with van der Waals surface area (Å²) in [5.74, 6) is -2.02. The number of fused-ring (bicyclic) bond motifs is 8. The van der Waals surface area contributed by atoms with Crippen LogP contribution in [-0.4, -0.2) is 40.8 Å². The van der Waals surface area contributed by atoms with Crippen LogP contribution in [0.15, 0.2) is 53.7 Å². The predicted molar refractivity (Wildman–Crippen MR) is 107 cm³/mol. The van der Waals surface area contributed by atoms with E-state index in [2.05, 4.69) is 5.16 Å². The summed E-state index contributed by atoms with van der Waals surface area (Å²) < 4.78 is 6.08. The van der Waals surface area contributed by atoms with Crippen molar-refractivity contribution < 1.29 is 24.1 Å². The normalized spacial score (nSPS) is 32.7. The number of ether oxygens (including phenoxy) is 1. The Kier molecular flexibility index (Phi) is 3.64. The van der Waals surface area contributed by atoms with Gasteiger partial charge in [0, 0.05) is 17.7 Å². The summed E-state index contributed by atoms with van der Waals surface area (Å²) in [7, 11) is 0. The lowest BCUT2D eigenvalue weighted by Gasteiger charge is -2.26. The predicted octanol–water partition coefficient (Wildman–Crippen LogP) is 2.21. The minimum Gasteiger partial charge on any atom is -0.389 e. The molecule has 4 aliphatic rings. The van der Waals surface area contributed by atoms with E-state index >= 15 is 0 Å². The highest BCUT2D eigenvalue weighted by Gasteiger charge is 2.72. The van der Waals surface area contributed by atoms with Crippen LogP contribution in [0.4, 0.5) is 11.4 Å². The molecule has 156 valence electrons. The molecule has 0 spiro atoms. The smallest absolute Gasteiger partial charge is 0.269 e. The van der Waals surface area contributed by atoms with Gasteiger partial charge in [-0.25, -0.2) is 4.90 Å². The Bertz CT molecular complexity index is 1160. The van der Waals surface area contributed by atoms with Crippen molar-refractivity contribution in [2.24, 2.45) is 22.9 Å². The highest BCUT2D eigenvalue weighted by atomic mass is 16.7. The third kappa shape index (κ3) is 2.37. The lowest BCUT2D eigenvalue weighted by molar-refractivity contribution is -0.384. The highest BCUT2D eigenvalue weighted by molar-refractivity contribution is 6.23. The number of benzene rings is 2. The number of nitro benzene ring substituents is 1. The summed E-state index contributed by atoms with van der Waals surface area (Å²) >= 11 is 0. The number of hydrogen-bond donors (Lipinski definition) is 0. The Morgan fingerprint density at radius 2 is 1.55 bits per heavy atom. The molecule has 3 saturated heterocycles. The largest absolute Gasteiger partial charge is 0.389 e. The molecule has 0 N–H and O–H groups in total. The molecule has 4 aliphatic heterocycles. The summed E-state index contributed by atoms with van der Waals surface area (Å²) in [6, 6.07) is 13.3. The number of imide groups is 1. The van der Waals surface area contributed by atoms with Gasteiger partial charge in [0.1, 0.15) is 6.10 Å². The van der Waals surface area contributed by atoms with Crippen LogP contribution in [-0.2, 0) is 19.2 Å². The standard InChI is InChI=1S/C22H17N3O6/c1-10-2-6-12(7-3-10)24-21(26)14-15(22(24)27)19-20-16(18(14)30-19)17(23-31-20)11-4-8-13(9-5-11)25(28)29/h2-9,14-16,18-20H,1H3/t14-,15+,16+,18-,19-,20+/m1/s1. The van der Waals surface area contributed by atoms with E-state index < -0.39 is 35.1 Å². The van der Waals surface area contributed by atoms with Crippen molar-refractivity contribution in [2.45, 2.75) is 25.2 Å². The average Bonchev–Trinajstić information content (AvgIpc) is 3.49. The number of oxime groups is 1. The molecule has 6 rings (SSSR count). The number of carbonyl (C=O) groups is 2. The van der Waals surface area contributed by atoms with Crippen LogP contribution >= 0.6 is 0 Å². The lowest BCUT2D eigenvalue weighted by Crippen LogP contribution is -2.45. The zero-order valence-electron chi connectivity index (χ0n) is 16.4. The van der Waals surface area contributed by atoms with E-state index in [0.29, 0.717) is 17.0 Å². The van der Waals surface area contributed by atoms with Gasteiger partial charge in [0.2, 0.25) is 11.8 Å². The minimum absolute atomic E-state index is 0.0191. The SMILES string of the molecule is Cc1ccc(N2C(=O)[C@@H]3[C@H]4O[C@@H]([C@@H]5C(c6ccc([N+](=O)[O-])cc6)=NO[C@H]45)[C@@H]3C2=O)cc1. The first-order valence-electron chi connectivity index (χ1n) is 10.0. The molecule has 0 radical (unpaired) electrons. The van der Waals surface area contributed by atoms with Crippen molar-refractivity contribution in [2.75, 3.05) is 4.90 Å². The van der Waals surface area contributed by atoms with E-state index in [1.54, 1.807) is 24.3 Å². The number of anilines is 1. The van der Waals surface area contributed by atoms with E-state index in [9.17, 15) is 19.7 Å². The molecule has 0 saturated carbocycles. The summed E-state index contributed by atoms with van der Waals surface area (Å²) in [4.78, 5) is 43.9. The molecule has 2 aromatic rings. The third-order valence-electron chi connectivity index (χ3n) is 6.71. The summed E-state index contributed by atoms with van der Waals surface area (Å²) in [5.41, 5.74) is 2.86. The van der Waals surface area contributed by atoms with E-state index in [4.69, 9.17) is 9.57 Å². The number of nitrogens with zero attached hydrogens (tertiary/aromatic N) is 3. The number of nitro groups is 1. The number of aryl methyl sites for hydroxylation is 1. The molecule has 2 aromatic carbocycles. The topological polar surface area (TPSA) is 111 Å². The molecule has 31 heavy (non-hydrogen) atoms. The monoisotopic (exact) mass is 419 g/mol. The molecule has 4 heterocycles. The number of hydrogen-bond acceptors (Lipinski definition) is 7. The molecule has 2 amide bonds. The van der Waals surface area contributed by atoms with Gasteiger partial charge in [-0.15, -0.1) is 0 Å². The molecule has 3 fully saturated rings. The summed E-state index contributed by atoms with van der Waals surface area (Å²) in [6.45, 7) is 1.94. The van der Waals surface area contributed by atoms with Crippen molar-refractivity contribution in [1.82, 2.24) is 0 Å². The molecule has 9 heteroatoms. The van der Waals surface area contributed by atoms with Crippen molar-refractivity contribution in [1.29, 1.82) is 0 Å². The molecular formula is C22H17N3O6. The molecule has 2 bridgehead atoms. The molecule has 0 unspecified atom stereocenters. The van der Waals surface area contributed by atoms with Crippen LogP contribution in [0.25, 0.3) is 0 Å². The summed E-state index contributed by atoms with van der Waals surface area (Å²) in [5, 5.41) is 15.1. The fourth-order valence-corrected chi connectivity index (χ4v) is 5.30. The number of carbonyl (C=O) groups excluding carboxylic acids is 2. The van der Waals surface area contributed by atoms with E-state index in [-0.39, 0.29) is 23.4 Å². The highest BCUT2D eigenvalue weighted by Crippen LogP contribution is 2.55. The maximum Gasteiger partial charge on any atom is 0.269 e. The van der Waals surface area contributed by atoms with Crippen molar-refractivity contribution in [3.63, 3.8) is 0 Å². The Labute approximate surface area is 176 Å². The summed E-state index contributed by atoms with van der Waals surface area (Å²) in [6.07, 6.45) is -1.53. The first-order valence-corrected chi connectivity index (χ1v) is 10.0. The van der Waals surface area contributed by atoms with Gasteiger partial charge < -0.3 is 9.57 Å². The molecular weight excluding hydrogens is 402 g/mol. The molecule has 0 aromatic heterocycles. The number of rotatable bonds is 3. The zero-order valence-corrected chi connectivity index (χ0v) is 16.4. The maximum atomic E-state index is 13.3. The lowest BCUT2D eigenvalue weighted by atomic mass is 9.71. The van der Waals surface area contributed by atoms with Gasteiger partial charge >= 0.3 is 0 Å². The minimum atomic E-state index is -0.593. The van der Waals surface area contributed by atoms with Gasteiger partial charge in [0.25, 0.3) is 5.69 Å². The number of non-ortho nitro benzene ring substituents is 1. The second-order valence-corrected chi connectivity index (χ2v) is 8.34. The van der Waals surface area contributed by atoms with Gasteiger partial charge in [-0.05, 0) is 31.2 Å². The first kappa shape index (κ1) is 18.2. The fourth-order valence-electron chi connectivity index (χ4n) is 5.30. The third-order valence-corrected chi connectivity index (χ3v) is 6.71. The molecule has 0 aliphatic carbocycles.